The molecule has 0 bridgehead atoms. The van der Waals surface area contributed by atoms with E-state index < -0.39 is 34.1 Å². The van der Waals surface area contributed by atoms with E-state index in [1.54, 1.807) is 0 Å². The molecule has 4 aromatic rings. The predicted octanol–water partition coefficient (Wildman–Crippen LogP) is 9.31. The number of benzene rings is 2. The minimum absolute atomic E-state index is 0. The van der Waals surface area contributed by atoms with Gasteiger partial charge >= 0.3 is 21.7 Å². The molecule has 9 heteroatoms. The van der Waals surface area contributed by atoms with Gasteiger partial charge in [0, 0.05) is 47.2 Å². The Bertz CT molecular complexity index is 1280. The van der Waals surface area contributed by atoms with Gasteiger partial charge in [0.1, 0.15) is 0 Å². The molecule has 0 fully saturated rings. The monoisotopic (exact) mass is 714 g/mol. The number of unbranched alkanes of at least 4 members (excludes halogenated alkanes) is 2. The molecule has 0 atom stereocenters. The predicted molar refractivity (Wildman–Crippen MR) is 185 cm³/mol. The third kappa shape index (κ3) is 22.0. The summed E-state index contributed by atoms with van der Waals surface area (Å²) in [6, 6.07) is 29.3. The fourth-order valence-corrected chi connectivity index (χ4v) is 3.79. The van der Waals surface area contributed by atoms with E-state index in [2.05, 4.69) is 10.6 Å². The Hall–Kier alpha value is -3.49. The number of halogens is 4. The number of carbonyl (C=O) groups excluding carboxylic acids is 2. The molecule has 49 heavy (non-hydrogen) atoms. The van der Waals surface area contributed by atoms with Crippen molar-refractivity contribution in [3.05, 3.63) is 131 Å². The first-order valence-corrected chi connectivity index (χ1v) is 16.2. The van der Waals surface area contributed by atoms with Crippen molar-refractivity contribution >= 4 is 11.8 Å². The largest absolute Gasteiger partial charge is 4.00 e. The molecule has 0 heterocycles. The van der Waals surface area contributed by atoms with Crippen LogP contribution in [0.1, 0.15) is 78.4 Å². The van der Waals surface area contributed by atoms with Crippen LogP contribution in [0.2, 0.25) is 0 Å². The first kappa shape index (κ1) is 45.5. The van der Waals surface area contributed by atoms with Gasteiger partial charge in [-0.25, -0.2) is 41.8 Å². The second-order valence-electron chi connectivity index (χ2n) is 13.1. The van der Waals surface area contributed by atoms with Crippen LogP contribution in [-0.4, -0.2) is 24.9 Å². The summed E-state index contributed by atoms with van der Waals surface area (Å²) in [4.78, 5) is 23.1. The van der Waals surface area contributed by atoms with Crippen LogP contribution in [-0.2, 0) is 44.1 Å². The number of carbonyl (C=O) groups is 2. The van der Waals surface area contributed by atoms with Gasteiger partial charge in [0.2, 0.25) is 11.8 Å². The molecule has 2 N–H and O–H groups in total. The minimum Gasteiger partial charge on any atom is -0.356 e. The van der Waals surface area contributed by atoms with Gasteiger partial charge in [-0.05, 0) is 12.8 Å². The Labute approximate surface area is 305 Å². The summed E-state index contributed by atoms with van der Waals surface area (Å²) in [6.07, 6.45) is 4.04. The summed E-state index contributed by atoms with van der Waals surface area (Å²) in [5.41, 5.74) is 0.142. The molecule has 0 aliphatic carbocycles. The summed E-state index contributed by atoms with van der Waals surface area (Å²) < 4.78 is 51.9. The van der Waals surface area contributed by atoms with Gasteiger partial charge in [0.05, 0.1) is 0 Å². The molecule has 4 rings (SSSR count). The zero-order valence-electron chi connectivity index (χ0n) is 29.6. The van der Waals surface area contributed by atoms with Crippen LogP contribution in [0.5, 0.6) is 0 Å². The van der Waals surface area contributed by atoms with Gasteiger partial charge < -0.3 is 10.6 Å². The van der Waals surface area contributed by atoms with Crippen molar-refractivity contribution in [2.45, 2.75) is 80.1 Å². The molecular weight excluding hydrogens is 664 g/mol. The number of amides is 2. The second kappa shape index (κ2) is 24.6. The summed E-state index contributed by atoms with van der Waals surface area (Å²) >= 11 is 0. The van der Waals surface area contributed by atoms with Crippen LogP contribution in [0, 0.1) is 46.2 Å². The van der Waals surface area contributed by atoms with E-state index in [9.17, 15) is 27.2 Å². The molecule has 0 radical (unpaired) electrons. The Balaban J connectivity index is 0.000000717. The summed E-state index contributed by atoms with van der Waals surface area (Å²) in [5, 5.41) is 5.66. The second-order valence-corrected chi connectivity index (χ2v) is 13.1. The smallest absolute Gasteiger partial charge is 0.356 e. The molecular formula is C40H50F4N2O2Ti. The van der Waals surface area contributed by atoms with Crippen molar-refractivity contribution in [1.29, 1.82) is 0 Å². The summed E-state index contributed by atoms with van der Waals surface area (Å²) in [7, 11) is 0. The van der Waals surface area contributed by atoms with Gasteiger partial charge in [-0.2, -0.15) is 48.5 Å². The third-order valence-corrected chi connectivity index (χ3v) is 6.67. The van der Waals surface area contributed by atoms with Crippen LogP contribution in [0.4, 0.5) is 17.6 Å². The molecule has 0 saturated carbocycles. The standard InChI is InChI=1S/2C15H20F2NO.2C5H5.Ti/c2*1-15(2,3)14(19)18-9-5-4-6-11-7-8-12(16)10-13(11)17;2*1-2-4-5-3-1;/h2*7-8H,4-6,9H2,1-3H3,(H,18,19);2*1-5H;/q4*-1;+4. The zero-order valence-corrected chi connectivity index (χ0v) is 31.1. The summed E-state index contributed by atoms with van der Waals surface area (Å²) in [5.74, 6) is -2.60. The first-order chi connectivity index (χ1) is 22.6. The molecule has 0 saturated heterocycles. The van der Waals surface area contributed by atoms with Crippen molar-refractivity contribution in [3.8, 4) is 0 Å². The molecule has 0 aromatic heterocycles. The van der Waals surface area contributed by atoms with E-state index in [1.807, 2.05) is 114 Å². The molecule has 0 aliphatic rings. The fraction of sp³-hybridized carbons (Fsp3) is 0.400. The van der Waals surface area contributed by atoms with Crippen LogP contribution < -0.4 is 10.6 Å². The van der Waals surface area contributed by atoms with Gasteiger partial charge in [0.15, 0.2) is 0 Å². The maximum atomic E-state index is 13.3. The SMILES string of the molecule is CC(C)(C)C(=O)NCCCCc1ccc(F)[c-]c1F.CC(C)(C)C(=O)NCCCCc1ccc(F)[c-]c1F.[Ti+4].c1cc[cH-]c1.c1cc[cH-]c1. The number of hydrogen-bond donors (Lipinski definition) is 2. The van der Waals surface area contributed by atoms with Gasteiger partial charge in [0.25, 0.3) is 0 Å². The van der Waals surface area contributed by atoms with Crippen LogP contribution in [0.25, 0.3) is 0 Å². The van der Waals surface area contributed by atoms with E-state index in [0.29, 0.717) is 37.1 Å². The fourth-order valence-electron chi connectivity index (χ4n) is 3.79. The van der Waals surface area contributed by atoms with Crippen molar-refractivity contribution in [1.82, 2.24) is 10.6 Å². The van der Waals surface area contributed by atoms with Crippen molar-refractivity contribution in [2.24, 2.45) is 10.8 Å². The van der Waals surface area contributed by atoms with Crippen molar-refractivity contribution in [3.63, 3.8) is 0 Å². The van der Waals surface area contributed by atoms with E-state index in [4.69, 9.17) is 0 Å². The average Bonchev–Trinajstić information content (AvgIpc) is 3.78. The number of aryl methyl sites for hydroxylation is 2. The first-order valence-electron chi connectivity index (χ1n) is 16.2. The molecule has 0 aliphatic heterocycles. The van der Waals surface area contributed by atoms with Crippen molar-refractivity contribution < 1.29 is 48.9 Å². The van der Waals surface area contributed by atoms with Crippen LogP contribution in [0.3, 0.4) is 0 Å². The number of rotatable bonds is 10. The number of nitrogens with one attached hydrogen (secondary N) is 2. The third-order valence-electron chi connectivity index (χ3n) is 6.67. The maximum Gasteiger partial charge on any atom is 4.00 e. The van der Waals surface area contributed by atoms with Gasteiger partial charge in [-0.1, -0.05) is 67.2 Å². The Kier molecular flexibility index (Phi) is 22.9. The topological polar surface area (TPSA) is 58.2 Å². The maximum absolute atomic E-state index is 13.3. The molecule has 264 valence electrons. The van der Waals surface area contributed by atoms with E-state index >= 15 is 0 Å². The molecule has 0 spiro atoms. The average molecular weight is 715 g/mol. The van der Waals surface area contributed by atoms with E-state index in [1.165, 1.54) is 24.3 Å². The van der Waals surface area contributed by atoms with Crippen LogP contribution in [0.15, 0.2) is 84.9 Å². The Morgan fingerprint density at radius 2 is 0.918 bits per heavy atom. The molecule has 0 unspecified atom stereocenters. The molecule has 2 amide bonds. The van der Waals surface area contributed by atoms with E-state index in [-0.39, 0.29) is 33.5 Å². The normalized spacial score (nSPS) is 10.5. The quantitative estimate of drug-likeness (QED) is 0.0745. The van der Waals surface area contributed by atoms with Crippen molar-refractivity contribution in [2.75, 3.05) is 13.1 Å². The van der Waals surface area contributed by atoms with Gasteiger partial charge in [-0.3, -0.25) is 9.59 Å². The van der Waals surface area contributed by atoms with E-state index in [0.717, 1.165) is 25.7 Å². The van der Waals surface area contributed by atoms with Crippen LogP contribution >= 0.6 is 0 Å². The Morgan fingerprint density at radius 1 is 0.592 bits per heavy atom. The molecule has 4 nitrogen and oxygen atoms in total. The molecule has 4 aromatic carbocycles. The number of hydrogen-bond acceptors (Lipinski definition) is 2. The van der Waals surface area contributed by atoms with Gasteiger partial charge in [-0.15, -0.1) is 35.4 Å². The minimum atomic E-state index is -0.682. The Morgan fingerprint density at radius 3 is 1.16 bits per heavy atom. The zero-order chi connectivity index (χ0) is 36.0. The summed E-state index contributed by atoms with van der Waals surface area (Å²) in [6.45, 7) is 12.3.